The molecule has 0 aliphatic carbocycles. The Hall–Kier alpha value is -2.63. The van der Waals surface area contributed by atoms with Crippen LogP contribution in [0.5, 0.6) is 11.6 Å². The molecular formula is C23H29FN2O3. The minimum Gasteiger partial charge on any atom is -0.485 e. The van der Waals surface area contributed by atoms with E-state index in [1.807, 2.05) is 11.0 Å². The highest BCUT2D eigenvalue weighted by Crippen LogP contribution is 2.35. The van der Waals surface area contributed by atoms with Crippen LogP contribution in [0.3, 0.4) is 0 Å². The Bertz CT molecular complexity index is 841. The predicted octanol–water partition coefficient (Wildman–Crippen LogP) is 4.41. The summed E-state index contributed by atoms with van der Waals surface area (Å²) in [6.45, 7) is 6.34. The summed E-state index contributed by atoms with van der Waals surface area (Å²) in [5.74, 6) is 0.382. The Morgan fingerprint density at radius 1 is 1.17 bits per heavy atom. The zero-order valence-corrected chi connectivity index (χ0v) is 17.6. The van der Waals surface area contributed by atoms with Gasteiger partial charge in [0.2, 0.25) is 0 Å². The molecule has 1 saturated heterocycles. The maximum atomic E-state index is 13.7. The number of pyridine rings is 1. The monoisotopic (exact) mass is 400 g/mol. The van der Waals surface area contributed by atoms with E-state index in [2.05, 4.69) is 36.2 Å². The highest BCUT2D eigenvalue weighted by atomic mass is 19.1. The van der Waals surface area contributed by atoms with E-state index in [0.717, 1.165) is 12.8 Å². The molecule has 1 aliphatic rings. The van der Waals surface area contributed by atoms with E-state index >= 15 is 0 Å². The molecule has 1 aliphatic heterocycles. The third-order valence-electron chi connectivity index (χ3n) is 5.43. The van der Waals surface area contributed by atoms with E-state index in [-0.39, 0.29) is 23.8 Å². The van der Waals surface area contributed by atoms with Gasteiger partial charge in [-0.2, -0.15) is 0 Å². The largest absolute Gasteiger partial charge is 0.485 e. The minimum absolute atomic E-state index is 0.0695. The molecule has 6 heteroatoms. The topological polar surface area (TPSA) is 51.7 Å². The average molecular weight is 400 g/mol. The van der Waals surface area contributed by atoms with Crippen molar-refractivity contribution in [3.05, 3.63) is 53.7 Å². The number of likely N-dealkylation sites (tertiary alicyclic amines) is 1. The molecule has 0 N–H and O–H groups in total. The summed E-state index contributed by atoms with van der Waals surface area (Å²) in [5.41, 5.74) is 0.208. The number of carbonyl (C=O) groups excluding carboxylic acids is 1. The third-order valence-corrected chi connectivity index (χ3v) is 5.43. The van der Waals surface area contributed by atoms with Gasteiger partial charge < -0.3 is 14.4 Å². The van der Waals surface area contributed by atoms with E-state index in [1.165, 1.54) is 26.5 Å². The number of hydrogen-bond donors (Lipinski definition) is 0. The lowest BCUT2D eigenvalue weighted by Crippen LogP contribution is -2.44. The molecule has 0 bridgehead atoms. The molecule has 1 aromatic carbocycles. The molecule has 0 unspecified atom stereocenters. The van der Waals surface area contributed by atoms with Gasteiger partial charge in [-0.15, -0.1) is 0 Å². The molecule has 29 heavy (non-hydrogen) atoms. The number of rotatable bonds is 6. The second-order valence-electron chi connectivity index (χ2n) is 8.43. The van der Waals surface area contributed by atoms with Crippen LogP contribution in [0, 0.1) is 0 Å². The molecule has 1 fully saturated rings. The Balaban J connectivity index is 1.68. The molecule has 0 atom stereocenters. The highest BCUT2D eigenvalue weighted by Gasteiger charge is 2.34. The van der Waals surface area contributed by atoms with Gasteiger partial charge in [-0.1, -0.05) is 37.3 Å². The van der Waals surface area contributed by atoms with Gasteiger partial charge in [0, 0.05) is 13.1 Å². The zero-order valence-electron chi connectivity index (χ0n) is 17.6. The molecule has 2 heterocycles. The highest BCUT2D eigenvalue weighted by molar-refractivity contribution is 5.92. The van der Waals surface area contributed by atoms with Gasteiger partial charge in [0.15, 0.2) is 5.75 Å². The number of aromatic nitrogens is 1. The van der Waals surface area contributed by atoms with Gasteiger partial charge in [0.05, 0.1) is 7.11 Å². The Kier molecular flexibility index (Phi) is 6.10. The first-order valence-corrected chi connectivity index (χ1v) is 9.93. The summed E-state index contributed by atoms with van der Waals surface area (Å²) in [5, 5.41) is 0. The SMILES string of the molecule is COc1nc(C(=O)N2CCC(C)(c3ccccc3)CC2)ccc1OCC(C)(C)F. The van der Waals surface area contributed by atoms with E-state index in [1.54, 1.807) is 12.1 Å². The molecule has 0 saturated carbocycles. The zero-order chi connectivity index (χ0) is 21.1. The number of piperidine rings is 1. The van der Waals surface area contributed by atoms with Crippen LogP contribution in [0.15, 0.2) is 42.5 Å². The van der Waals surface area contributed by atoms with Gasteiger partial charge in [0.25, 0.3) is 11.8 Å². The molecule has 0 radical (unpaired) electrons. The summed E-state index contributed by atoms with van der Waals surface area (Å²) in [6.07, 6.45) is 1.79. The molecule has 1 aromatic heterocycles. The van der Waals surface area contributed by atoms with E-state index in [4.69, 9.17) is 9.47 Å². The number of amides is 1. The van der Waals surface area contributed by atoms with Crippen LogP contribution in [0.1, 0.15) is 49.7 Å². The standard InChI is InChI=1S/C23H29FN2O3/c1-22(2,24)16-29-19-11-10-18(25-20(19)28-4)21(27)26-14-12-23(3,13-15-26)17-8-6-5-7-9-17/h5-11H,12-16H2,1-4H3. The molecule has 156 valence electrons. The number of carbonyl (C=O) groups is 1. The number of nitrogens with zero attached hydrogens (tertiary/aromatic N) is 2. The minimum atomic E-state index is -1.47. The molecule has 2 aromatic rings. The van der Waals surface area contributed by atoms with Crippen molar-refractivity contribution in [1.29, 1.82) is 0 Å². The van der Waals surface area contributed by atoms with Gasteiger partial charge in [-0.3, -0.25) is 4.79 Å². The van der Waals surface area contributed by atoms with Gasteiger partial charge in [-0.05, 0) is 49.8 Å². The summed E-state index contributed by atoms with van der Waals surface area (Å²) in [7, 11) is 1.45. The Labute approximate surface area is 171 Å². The normalized spacial score (nSPS) is 16.4. The lowest BCUT2D eigenvalue weighted by molar-refractivity contribution is 0.0668. The first-order chi connectivity index (χ1) is 13.7. The lowest BCUT2D eigenvalue weighted by Gasteiger charge is -2.39. The van der Waals surface area contributed by atoms with Crippen molar-refractivity contribution in [2.24, 2.45) is 0 Å². The fourth-order valence-corrected chi connectivity index (χ4v) is 3.55. The fourth-order valence-electron chi connectivity index (χ4n) is 3.55. The van der Waals surface area contributed by atoms with Crippen LogP contribution in [0.25, 0.3) is 0 Å². The first kappa shape index (κ1) is 21.1. The second kappa shape index (κ2) is 8.39. The first-order valence-electron chi connectivity index (χ1n) is 9.93. The Morgan fingerprint density at radius 3 is 2.41 bits per heavy atom. The van der Waals surface area contributed by atoms with Gasteiger partial charge in [0.1, 0.15) is 18.0 Å². The van der Waals surface area contributed by atoms with Crippen LogP contribution in [-0.4, -0.2) is 48.3 Å². The quantitative estimate of drug-likeness (QED) is 0.721. The van der Waals surface area contributed by atoms with Crippen molar-refractivity contribution in [3.8, 4) is 11.6 Å². The summed E-state index contributed by atoms with van der Waals surface area (Å²) in [4.78, 5) is 19.1. The van der Waals surface area contributed by atoms with E-state index in [0.29, 0.717) is 24.5 Å². The van der Waals surface area contributed by atoms with Crippen LogP contribution in [0.4, 0.5) is 4.39 Å². The van der Waals surface area contributed by atoms with Crippen LogP contribution in [-0.2, 0) is 5.41 Å². The third kappa shape index (κ3) is 5.05. The van der Waals surface area contributed by atoms with Crippen LogP contribution >= 0.6 is 0 Å². The number of methoxy groups -OCH3 is 1. The molecule has 1 amide bonds. The number of halogens is 1. The van der Waals surface area contributed by atoms with Crippen molar-refractivity contribution < 1.29 is 18.7 Å². The van der Waals surface area contributed by atoms with Gasteiger partial charge >= 0.3 is 0 Å². The van der Waals surface area contributed by atoms with Crippen LogP contribution in [0.2, 0.25) is 0 Å². The maximum Gasteiger partial charge on any atom is 0.272 e. The fraction of sp³-hybridized carbons (Fsp3) is 0.478. The van der Waals surface area contributed by atoms with Crippen molar-refractivity contribution in [1.82, 2.24) is 9.88 Å². The van der Waals surface area contributed by atoms with Gasteiger partial charge in [-0.25, -0.2) is 9.37 Å². The predicted molar refractivity (Wildman–Crippen MR) is 110 cm³/mol. The molecule has 3 rings (SSSR count). The van der Waals surface area contributed by atoms with E-state index in [9.17, 15) is 9.18 Å². The van der Waals surface area contributed by atoms with Crippen molar-refractivity contribution in [3.63, 3.8) is 0 Å². The van der Waals surface area contributed by atoms with Crippen molar-refractivity contribution >= 4 is 5.91 Å². The van der Waals surface area contributed by atoms with Crippen molar-refractivity contribution in [2.75, 3.05) is 26.8 Å². The van der Waals surface area contributed by atoms with Crippen molar-refractivity contribution in [2.45, 2.75) is 44.7 Å². The number of ether oxygens (including phenoxy) is 2. The Morgan fingerprint density at radius 2 is 1.83 bits per heavy atom. The summed E-state index contributed by atoms with van der Waals surface area (Å²) >= 11 is 0. The van der Waals surface area contributed by atoms with E-state index < -0.39 is 5.67 Å². The average Bonchev–Trinajstić information content (AvgIpc) is 2.72. The second-order valence-corrected chi connectivity index (χ2v) is 8.43. The smallest absolute Gasteiger partial charge is 0.272 e. The maximum absolute atomic E-state index is 13.7. The number of alkyl halides is 1. The molecular weight excluding hydrogens is 371 g/mol. The molecule has 0 spiro atoms. The number of hydrogen-bond acceptors (Lipinski definition) is 4. The summed E-state index contributed by atoms with van der Waals surface area (Å²) in [6, 6.07) is 13.7. The van der Waals surface area contributed by atoms with Crippen LogP contribution < -0.4 is 9.47 Å². The molecule has 5 nitrogen and oxygen atoms in total. The lowest BCUT2D eigenvalue weighted by atomic mass is 9.74. The summed E-state index contributed by atoms with van der Waals surface area (Å²) < 4.78 is 24.4. The number of benzene rings is 1.